The maximum atomic E-state index is 9.55. The molecule has 0 saturated heterocycles. The highest BCUT2D eigenvalue weighted by molar-refractivity contribution is 6.15. The van der Waals surface area contributed by atoms with Crippen molar-refractivity contribution in [2.75, 3.05) is 4.90 Å². The van der Waals surface area contributed by atoms with E-state index in [0.29, 0.717) is 5.56 Å². The summed E-state index contributed by atoms with van der Waals surface area (Å²) < 4.78 is 37.7. The van der Waals surface area contributed by atoms with Crippen LogP contribution in [0.4, 0.5) is 17.1 Å². The number of hydrogen-bond acceptors (Lipinski definition) is 1. The molecule has 1 nitrogen and oxygen atoms in total. The van der Waals surface area contributed by atoms with E-state index in [-0.39, 0.29) is 35.4 Å². The Labute approximate surface area is 315 Å². The lowest BCUT2D eigenvalue weighted by Crippen LogP contribution is -2.10. The molecule has 53 heavy (non-hydrogen) atoms. The Kier molecular flexibility index (Phi) is 6.56. The Balaban J connectivity index is 1.22. The van der Waals surface area contributed by atoms with Crippen LogP contribution in [-0.2, 0) is 0 Å². The number of fused-ring (bicyclic) bond motifs is 6. The normalized spacial score (nSPS) is 12.5. The molecular weight excluding hydrogens is 639 g/mol. The average molecular weight is 678 g/mol. The van der Waals surface area contributed by atoms with Crippen molar-refractivity contribution in [1.82, 2.24) is 0 Å². The topological polar surface area (TPSA) is 3.24 Å². The van der Waals surface area contributed by atoms with E-state index < -0.39 is 0 Å². The van der Waals surface area contributed by atoms with Gasteiger partial charge in [-0.1, -0.05) is 164 Å². The third-order valence-electron chi connectivity index (χ3n) is 10.3. The van der Waals surface area contributed by atoms with E-state index in [1.807, 2.05) is 59.5 Å². The first-order valence-corrected chi connectivity index (χ1v) is 17.9. The maximum Gasteiger partial charge on any atom is 0.0645 e. The molecule has 1 heteroatoms. The second kappa shape index (κ2) is 13.0. The summed E-state index contributed by atoms with van der Waals surface area (Å²) in [5.41, 5.74) is 6.65. The standard InChI is InChI=1S/C52H35N/c1-2-14-36(15-3-1)37-28-30-42(31-29-37)53(43-20-12-18-38(32-43)51-34-40-16-4-6-22-45(40)47-24-8-10-26-49(47)51)44-21-13-19-39(33-44)52-35-41-17-5-7-23-46(41)48-25-9-11-27-50(48)52/h1-35H/i28D,29D,30D,31D. The van der Waals surface area contributed by atoms with Gasteiger partial charge in [0.05, 0.1) is 5.48 Å². The van der Waals surface area contributed by atoms with Gasteiger partial charge in [0.15, 0.2) is 0 Å². The highest BCUT2D eigenvalue weighted by Crippen LogP contribution is 2.42. The minimum atomic E-state index is -0.113. The summed E-state index contributed by atoms with van der Waals surface area (Å²) >= 11 is 0. The quantitative estimate of drug-likeness (QED) is 0.158. The van der Waals surface area contributed by atoms with E-state index in [9.17, 15) is 5.48 Å². The molecule has 0 aliphatic carbocycles. The molecular formula is C52H35N. The molecule has 248 valence electrons. The van der Waals surface area contributed by atoms with Gasteiger partial charge in [-0.25, -0.2) is 0 Å². The van der Waals surface area contributed by atoms with Crippen LogP contribution in [0.25, 0.3) is 76.5 Å². The zero-order valence-electron chi connectivity index (χ0n) is 32.8. The summed E-state index contributed by atoms with van der Waals surface area (Å²) in [7, 11) is 0. The molecule has 0 radical (unpaired) electrons. The largest absolute Gasteiger partial charge is 0.310 e. The Morgan fingerprint density at radius 3 is 1.21 bits per heavy atom. The minimum absolute atomic E-state index is 0.0874. The Hall–Kier alpha value is -6.96. The first-order chi connectivity index (χ1) is 28.0. The van der Waals surface area contributed by atoms with Crippen molar-refractivity contribution in [1.29, 1.82) is 0 Å². The van der Waals surface area contributed by atoms with Crippen molar-refractivity contribution >= 4 is 60.2 Å². The van der Waals surface area contributed by atoms with Crippen LogP contribution in [-0.4, -0.2) is 0 Å². The molecule has 0 fully saturated rings. The molecule has 0 aliphatic rings. The molecule has 0 spiro atoms. The van der Waals surface area contributed by atoms with Crippen molar-refractivity contribution in [3.63, 3.8) is 0 Å². The summed E-state index contributed by atoms with van der Waals surface area (Å²) in [5, 5.41) is 9.24. The maximum absolute atomic E-state index is 9.55. The van der Waals surface area contributed by atoms with E-state index in [0.717, 1.165) is 55.2 Å². The van der Waals surface area contributed by atoms with Gasteiger partial charge >= 0.3 is 0 Å². The molecule has 10 rings (SSSR count). The highest BCUT2D eigenvalue weighted by Gasteiger charge is 2.17. The molecule has 0 saturated carbocycles. The number of nitrogens with zero attached hydrogens (tertiary/aromatic N) is 1. The lowest BCUT2D eigenvalue weighted by Gasteiger charge is -2.27. The van der Waals surface area contributed by atoms with E-state index in [1.54, 1.807) is 0 Å². The average Bonchev–Trinajstić information content (AvgIpc) is 3.27. The molecule has 0 aliphatic heterocycles. The summed E-state index contributed by atoms with van der Waals surface area (Å²) in [6.07, 6.45) is 0. The van der Waals surface area contributed by atoms with Crippen molar-refractivity contribution in [3.05, 3.63) is 212 Å². The molecule has 0 bridgehead atoms. The molecule has 0 unspecified atom stereocenters. The lowest BCUT2D eigenvalue weighted by atomic mass is 9.92. The van der Waals surface area contributed by atoms with Gasteiger partial charge in [-0.15, -0.1) is 0 Å². The van der Waals surface area contributed by atoms with Crippen LogP contribution < -0.4 is 4.90 Å². The summed E-state index contributed by atoms with van der Waals surface area (Å²) in [5.74, 6) is 0. The molecule has 10 aromatic rings. The fourth-order valence-electron chi connectivity index (χ4n) is 7.79. The van der Waals surface area contributed by atoms with Crippen molar-refractivity contribution in [2.24, 2.45) is 0 Å². The van der Waals surface area contributed by atoms with Gasteiger partial charge in [-0.05, 0) is 125 Å². The predicted molar refractivity (Wildman–Crippen MR) is 227 cm³/mol. The number of benzene rings is 10. The van der Waals surface area contributed by atoms with Gasteiger partial charge in [-0.2, -0.15) is 0 Å². The fraction of sp³-hybridized carbons (Fsp3) is 0. The van der Waals surface area contributed by atoms with Crippen LogP contribution in [0, 0.1) is 0 Å². The van der Waals surface area contributed by atoms with Crippen LogP contribution >= 0.6 is 0 Å². The highest BCUT2D eigenvalue weighted by atomic mass is 15.1. The zero-order valence-corrected chi connectivity index (χ0v) is 28.8. The van der Waals surface area contributed by atoms with Crippen molar-refractivity contribution < 1.29 is 5.48 Å². The molecule has 0 N–H and O–H groups in total. The second-order valence-corrected chi connectivity index (χ2v) is 13.4. The number of hydrogen-bond donors (Lipinski definition) is 0. The Morgan fingerprint density at radius 2 is 0.698 bits per heavy atom. The van der Waals surface area contributed by atoms with E-state index in [1.165, 1.54) is 21.5 Å². The first kappa shape index (κ1) is 26.8. The molecule has 0 aromatic heterocycles. The molecule has 0 heterocycles. The van der Waals surface area contributed by atoms with Gasteiger partial charge < -0.3 is 4.90 Å². The molecule has 0 atom stereocenters. The SMILES string of the molecule is [2H]c1c([2H])c(N(c2cccc(-c3cc4ccccc4c4ccccc34)c2)c2cccc(-c3cc4ccccc4c4ccccc34)c2)c([2H])c([2H])c1-c1ccccc1. The summed E-state index contributed by atoms with van der Waals surface area (Å²) in [6.45, 7) is 0. The smallest absolute Gasteiger partial charge is 0.0645 e. The van der Waals surface area contributed by atoms with E-state index in [4.69, 9.17) is 0 Å². The van der Waals surface area contributed by atoms with E-state index >= 15 is 0 Å². The molecule has 10 aromatic carbocycles. The second-order valence-electron chi connectivity index (χ2n) is 13.4. The van der Waals surface area contributed by atoms with Crippen LogP contribution in [0.15, 0.2) is 212 Å². The third-order valence-corrected chi connectivity index (χ3v) is 10.3. The van der Waals surface area contributed by atoms with Gasteiger partial charge in [0.25, 0.3) is 0 Å². The summed E-state index contributed by atoms with van der Waals surface area (Å²) in [6, 6.07) is 63.5. The monoisotopic (exact) mass is 677 g/mol. The van der Waals surface area contributed by atoms with Crippen LogP contribution in [0.2, 0.25) is 0 Å². The Morgan fingerprint density at radius 1 is 0.283 bits per heavy atom. The van der Waals surface area contributed by atoms with Gasteiger partial charge in [0.2, 0.25) is 0 Å². The fourth-order valence-corrected chi connectivity index (χ4v) is 7.79. The van der Waals surface area contributed by atoms with Crippen LogP contribution in [0.3, 0.4) is 0 Å². The van der Waals surface area contributed by atoms with Crippen molar-refractivity contribution in [3.8, 4) is 33.4 Å². The number of anilines is 3. The van der Waals surface area contributed by atoms with Crippen LogP contribution in [0.1, 0.15) is 5.48 Å². The van der Waals surface area contributed by atoms with E-state index in [2.05, 4.69) is 133 Å². The zero-order chi connectivity index (χ0) is 38.6. The van der Waals surface area contributed by atoms with Gasteiger partial charge in [0.1, 0.15) is 0 Å². The number of rotatable bonds is 6. The summed E-state index contributed by atoms with van der Waals surface area (Å²) in [4.78, 5) is 1.90. The molecule has 0 amide bonds. The van der Waals surface area contributed by atoms with Crippen LogP contribution in [0.5, 0.6) is 0 Å². The third kappa shape index (κ3) is 5.51. The van der Waals surface area contributed by atoms with Gasteiger partial charge in [0, 0.05) is 17.1 Å². The van der Waals surface area contributed by atoms with Gasteiger partial charge in [-0.3, -0.25) is 0 Å². The lowest BCUT2D eigenvalue weighted by molar-refractivity contribution is 1.28. The Bertz CT molecular complexity index is 3000. The van der Waals surface area contributed by atoms with Crippen molar-refractivity contribution in [2.45, 2.75) is 0 Å². The predicted octanol–water partition coefficient (Wildman–Crippen LogP) is 14.8. The first-order valence-electron chi connectivity index (χ1n) is 19.9. The minimum Gasteiger partial charge on any atom is -0.310 e.